The molecule has 1 aromatic carbocycles. The van der Waals surface area contributed by atoms with E-state index in [4.69, 9.17) is 4.43 Å². The summed E-state index contributed by atoms with van der Waals surface area (Å²) in [4.78, 5) is 10.6. The van der Waals surface area contributed by atoms with Crippen molar-refractivity contribution in [3.63, 3.8) is 0 Å². The van der Waals surface area contributed by atoms with Crippen LogP contribution < -0.4 is 4.43 Å². The maximum absolute atomic E-state index is 10.6. The van der Waals surface area contributed by atoms with Gasteiger partial charge in [0.1, 0.15) is 12.0 Å². The van der Waals surface area contributed by atoms with Crippen LogP contribution in [0.1, 0.15) is 26.3 Å². The highest BCUT2D eigenvalue weighted by atomic mass is 28.4. The van der Waals surface area contributed by atoms with Crippen LogP contribution in [0.2, 0.25) is 19.1 Å². The Labute approximate surface area is 105 Å². The molecule has 1 aromatic rings. The first-order chi connectivity index (χ1) is 7.74. The topological polar surface area (TPSA) is 26.3 Å². The fourth-order valence-corrected chi connectivity index (χ4v) is 2.84. The lowest BCUT2D eigenvalue weighted by Gasteiger charge is -2.23. The molecule has 0 aliphatic rings. The third kappa shape index (κ3) is 4.34. The van der Waals surface area contributed by atoms with E-state index in [0.29, 0.717) is 6.04 Å². The van der Waals surface area contributed by atoms with Crippen molar-refractivity contribution in [3.05, 3.63) is 29.8 Å². The van der Waals surface area contributed by atoms with E-state index in [2.05, 4.69) is 46.0 Å². The fourth-order valence-electron chi connectivity index (χ4n) is 1.58. The van der Waals surface area contributed by atoms with Crippen LogP contribution in [0.15, 0.2) is 24.3 Å². The van der Waals surface area contributed by atoms with Crippen molar-refractivity contribution < 1.29 is 9.22 Å². The molecular formula is C14H22O2Si. The number of aldehydes is 1. The second-order valence-electron chi connectivity index (χ2n) is 6.01. The van der Waals surface area contributed by atoms with Crippen LogP contribution in [0.3, 0.4) is 0 Å². The summed E-state index contributed by atoms with van der Waals surface area (Å²) in [6.45, 7) is 10.7. The Balaban J connectivity index is 2.79. The van der Waals surface area contributed by atoms with Crippen molar-refractivity contribution >= 4 is 14.6 Å². The van der Waals surface area contributed by atoms with E-state index in [1.807, 2.05) is 12.1 Å². The first kappa shape index (κ1) is 14.0. The zero-order chi connectivity index (χ0) is 13.1. The van der Waals surface area contributed by atoms with Crippen LogP contribution in [-0.4, -0.2) is 14.6 Å². The summed E-state index contributed by atoms with van der Waals surface area (Å²) in [6.07, 6.45) is 0.954. The van der Waals surface area contributed by atoms with E-state index >= 15 is 0 Å². The van der Waals surface area contributed by atoms with Crippen LogP contribution in [0.25, 0.3) is 0 Å². The average molecular weight is 250 g/mol. The SMILES string of the molecule is CC(C)(C)c1ccc(O[Si](C)(C)CC=O)cc1. The van der Waals surface area contributed by atoms with Crippen LogP contribution in [-0.2, 0) is 10.2 Å². The van der Waals surface area contributed by atoms with Gasteiger partial charge in [-0.1, -0.05) is 32.9 Å². The Bertz CT molecular complexity index is 374. The Kier molecular flexibility index (Phi) is 4.15. The van der Waals surface area contributed by atoms with Gasteiger partial charge in [-0.25, -0.2) is 0 Å². The molecule has 3 heteroatoms. The van der Waals surface area contributed by atoms with Gasteiger partial charge in [-0.15, -0.1) is 0 Å². The fraction of sp³-hybridized carbons (Fsp3) is 0.500. The van der Waals surface area contributed by atoms with Gasteiger partial charge in [0, 0.05) is 6.04 Å². The lowest BCUT2D eigenvalue weighted by molar-refractivity contribution is -0.106. The largest absolute Gasteiger partial charge is 0.544 e. The van der Waals surface area contributed by atoms with Crippen molar-refractivity contribution in [2.75, 3.05) is 0 Å². The highest BCUT2D eigenvalue weighted by molar-refractivity contribution is 6.74. The van der Waals surface area contributed by atoms with Gasteiger partial charge in [0.15, 0.2) is 0 Å². The van der Waals surface area contributed by atoms with Crippen molar-refractivity contribution in [1.29, 1.82) is 0 Å². The summed E-state index contributed by atoms with van der Waals surface area (Å²) in [5.74, 6) is 0.872. The van der Waals surface area contributed by atoms with Gasteiger partial charge in [-0.2, -0.15) is 0 Å². The summed E-state index contributed by atoms with van der Waals surface area (Å²) >= 11 is 0. The molecule has 0 saturated carbocycles. The number of rotatable bonds is 4. The minimum Gasteiger partial charge on any atom is -0.544 e. The lowest BCUT2D eigenvalue weighted by atomic mass is 9.87. The maximum atomic E-state index is 10.6. The molecule has 1 rings (SSSR count). The van der Waals surface area contributed by atoms with Crippen LogP contribution in [0, 0.1) is 0 Å². The maximum Gasteiger partial charge on any atom is 0.252 e. The first-order valence-corrected chi connectivity index (χ1v) is 9.09. The van der Waals surface area contributed by atoms with Gasteiger partial charge < -0.3 is 9.22 Å². The molecule has 0 N–H and O–H groups in total. The Morgan fingerprint density at radius 3 is 2.12 bits per heavy atom. The van der Waals surface area contributed by atoms with Gasteiger partial charge in [0.25, 0.3) is 8.32 Å². The Morgan fingerprint density at radius 2 is 1.71 bits per heavy atom. The molecule has 0 unspecified atom stereocenters. The number of hydrogen-bond donors (Lipinski definition) is 0. The molecule has 0 aliphatic heterocycles. The minimum atomic E-state index is -1.88. The van der Waals surface area contributed by atoms with Crippen molar-refractivity contribution in [1.82, 2.24) is 0 Å². The van der Waals surface area contributed by atoms with E-state index in [9.17, 15) is 4.79 Å². The minimum absolute atomic E-state index is 0.161. The van der Waals surface area contributed by atoms with Gasteiger partial charge in [0.2, 0.25) is 0 Å². The summed E-state index contributed by atoms with van der Waals surface area (Å²) in [7, 11) is -1.88. The lowest BCUT2D eigenvalue weighted by Crippen LogP contribution is -2.34. The van der Waals surface area contributed by atoms with Crippen LogP contribution in [0.4, 0.5) is 0 Å². The zero-order valence-corrected chi connectivity index (χ0v) is 12.4. The molecule has 0 bridgehead atoms. The molecule has 0 spiro atoms. The number of carbonyl (C=O) groups is 1. The molecule has 0 heterocycles. The number of hydrogen-bond acceptors (Lipinski definition) is 2. The summed E-state index contributed by atoms with van der Waals surface area (Å²) in [6, 6.07) is 8.73. The van der Waals surface area contributed by atoms with E-state index in [0.717, 1.165) is 12.0 Å². The molecule has 0 amide bonds. The Hall–Kier alpha value is -1.09. The standard InChI is InChI=1S/C14H22O2Si/c1-14(2,3)12-6-8-13(9-7-12)16-17(4,5)11-10-15/h6-10H,11H2,1-5H3. The number of benzene rings is 1. The van der Waals surface area contributed by atoms with Gasteiger partial charge in [-0.3, -0.25) is 0 Å². The predicted molar refractivity (Wildman–Crippen MR) is 74.1 cm³/mol. The normalized spacial score (nSPS) is 12.3. The summed E-state index contributed by atoms with van der Waals surface area (Å²) < 4.78 is 5.92. The summed E-state index contributed by atoms with van der Waals surface area (Å²) in [5.41, 5.74) is 1.45. The second kappa shape index (κ2) is 5.04. The van der Waals surface area contributed by atoms with E-state index < -0.39 is 8.32 Å². The molecule has 0 radical (unpaired) electrons. The molecule has 2 nitrogen and oxygen atoms in total. The van der Waals surface area contributed by atoms with E-state index in [1.165, 1.54) is 5.56 Å². The molecule has 0 aliphatic carbocycles. The molecule has 0 fully saturated rings. The molecule has 17 heavy (non-hydrogen) atoms. The molecule has 0 saturated heterocycles. The monoisotopic (exact) mass is 250 g/mol. The zero-order valence-electron chi connectivity index (χ0n) is 11.4. The average Bonchev–Trinajstić information content (AvgIpc) is 2.16. The van der Waals surface area contributed by atoms with E-state index in [1.54, 1.807) is 0 Å². The molecule has 94 valence electrons. The van der Waals surface area contributed by atoms with Crippen LogP contribution in [0.5, 0.6) is 5.75 Å². The predicted octanol–water partition coefficient (Wildman–Crippen LogP) is 3.77. The Morgan fingerprint density at radius 1 is 1.18 bits per heavy atom. The number of carbonyl (C=O) groups excluding carboxylic acids is 1. The highest BCUT2D eigenvalue weighted by Gasteiger charge is 2.24. The second-order valence-corrected chi connectivity index (χ2v) is 10.1. The van der Waals surface area contributed by atoms with Crippen molar-refractivity contribution in [2.24, 2.45) is 0 Å². The van der Waals surface area contributed by atoms with Gasteiger partial charge in [-0.05, 0) is 36.2 Å². The first-order valence-electron chi connectivity index (χ1n) is 5.98. The van der Waals surface area contributed by atoms with Crippen molar-refractivity contribution in [3.8, 4) is 5.75 Å². The van der Waals surface area contributed by atoms with Crippen LogP contribution >= 0.6 is 0 Å². The van der Waals surface area contributed by atoms with E-state index in [-0.39, 0.29) is 5.41 Å². The van der Waals surface area contributed by atoms with Crippen molar-refractivity contribution in [2.45, 2.75) is 45.3 Å². The third-order valence-corrected chi connectivity index (χ3v) is 4.63. The van der Waals surface area contributed by atoms with Gasteiger partial charge in [0.05, 0.1) is 0 Å². The summed E-state index contributed by atoms with van der Waals surface area (Å²) in [5, 5.41) is 0. The smallest absolute Gasteiger partial charge is 0.252 e. The van der Waals surface area contributed by atoms with Gasteiger partial charge >= 0.3 is 0 Å². The third-order valence-electron chi connectivity index (χ3n) is 2.69. The molecule has 0 atom stereocenters. The highest BCUT2D eigenvalue weighted by Crippen LogP contribution is 2.25. The quantitative estimate of drug-likeness (QED) is 0.600. The molecular weight excluding hydrogens is 228 g/mol. The molecule has 0 aromatic heterocycles.